The number of amides is 12. The van der Waals surface area contributed by atoms with E-state index in [9.17, 15) is 55.1 Å². The van der Waals surface area contributed by atoms with Crippen molar-refractivity contribution < 1.29 is 93.4 Å². The van der Waals surface area contributed by atoms with Crippen molar-refractivity contribution in [2.45, 2.75) is 268 Å². The van der Waals surface area contributed by atoms with Gasteiger partial charge in [-0.05, 0) is 151 Å². The summed E-state index contributed by atoms with van der Waals surface area (Å²) in [5.41, 5.74) is -2.26. The molecule has 3 aliphatic heterocycles. The van der Waals surface area contributed by atoms with Crippen molar-refractivity contribution in [2.75, 3.05) is 96.3 Å². The van der Waals surface area contributed by atoms with E-state index in [4.69, 9.17) is 9.47 Å². The van der Waals surface area contributed by atoms with E-state index in [0.29, 0.717) is 32.1 Å². The lowest BCUT2D eigenvalue weighted by atomic mass is 9.58. The molecule has 3 heterocycles. The van der Waals surface area contributed by atoms with Gasteiger partial charge in [-0.25, -0.2) is 0 Å². The predicted molar refractivity (Wildman–Crippen MR) is 396 cm³/mol. The first-order valence-electron chi connectivity index (χ1n) is 39.6. The second-order valence-electron chi connectivity index (χ2n) is 34.0. The first-order chi connectivity index (χ1) is 51.4. The van der Waals surface area contributed by atoms with E-state index in [1.165, 1.54) is 88.0 Å². The van der Waals surface area contributed by atoms with Crippen LogP contribution in [0.15, 0.2) is 12.2 Å². The minimum Gasteiger partial charge on any atom is -0.381 e. The summed E-state index contributed by atoms with van der Waals surface area (Å²) in [6, 6.07) is -10.9. The normalized spacial score (nSPS) is 31.4. The number of halogens is 6. The Morgan fingerprint density at radius 3 is 1.85 bits per heavy atom. The smallest absolute Gasteiger partial charge is 0.381 e. The van der Waals surface area contributed by atoms with Crippen LogP contribution in [0, 0.1) is 46.8 Å². The van der Waals surface area contributed by atoms with E-state index >= 15 is 28.8 Å². The number of alkyl halides is 6. The van der Waals surface area contributed by atoms with Crippen molar-refractivity contribution in [3.8, 4) is 0 Å². The Bertz CT molecular complexity index is 3300. The van der Waals surface area contributed by atoms with Gasteiger partial charge in [-0.2, -0.15) is 26.3 Å². The average molecular weight is 1570 g/mol. The fourth-order valence-corrected chi connectivity index (χ4v) is 18.2. The SMILES string of the molecule is CCO[C@@H]1C[C@H]2C(=O)NC3(CC(C)(C)C3)C(=O)N(C)[C@@H](C3CCCC3)C(=O)N(C)[C@H](C(=O)N(C)C)CC(=O)N(C)[C@@H](CC(C)C)C(=O)N[C@@H]([C@@H](C)CC)C(=O)N(C)CC(=O)N(C)[C@H]3C/C=C\CCN(C3=O)[C@@H](CC3CCC(C(F)(F)F)CC3)C(=O)N(C)CC(=O)N[C@@H](CCC3CCC(C(F)(F)F)C(OC)C3)C(=O)N2C1. The monoisotopic (exact) mass is 1570 g/mol. The molecule has 2 saturated heterocycles. The Balaban J connectivity index is 1.34. The summed E-state index contributed by atoms with van der Waals surface area (Å²) < 4.78 is 97.1. The fourth-order valence-electron chi connectivity index (χ4n) is 18.2. The number of hydrogen-bond donors (Lipinski definition) is 3. The number of hydrogen-bond acceptors (Lipinski definition) is 14. The second kappa shape index (κ2) is 38.1. The second-order valence-corrected chi connectivity index (χ2v) is 34.0. The van der Waals surface area contributed by atoms with Crippen LogP contribution in [-0.2, 0) is 67.0 Å². The number of fused-ring (bicyclic) bond motifs is 3. The highest BCUT2D eigenvalue weighted by molar-refractivity contribution is 6.01. The van der Waals surface area contributed by atoms with E-state index in [2.05, 4.69) is 16.0 Å². The molecular weight excluding hydrogens is 1440 g/mol. The third kappa shape index (κ3) is 22.0. The molecule has 7 aliphatic rings. The van der Waals surface area contributed by atoms with E-state index in [1.54, 1.807) is 32.9 Å². The number of rotatable bonds is 14. The zero-order valence-corrected chi connectivity index (χ0v) is 67.6. The minimum atomic E-state index is -4.57. The summed E-state index contributed by atoms with van der Waals surface area (Å²) in [5, 5.41) is 8.73. The van der Waals surface area contributed by atoms with Gasteiger partial charge in [-0.15, -0.1) is 0 Å². The zero-order chi connectivity index (χ0) is 82.0. The quantitative estimate of drug-likeness (QED) is 0.120. The first kappa shape index (κ1) is 90.1. The third-order valence-corrected chi connectivity index (χ3v) is 24.6. The summed E-state index contributed by atoms with van der Waals surface area (Å²) in [7, 11) is 12.3. The maximum Gasteiger partial charge on any atom is 0.394 e. The van der Waals surface area contributed by atoms with Crippen LogP contribution >= 0.6 is 0 Å². The number of ether oxygens (including phenoxy) is 2. The first-order valence-corrected chi connectivity index (χ1v) is 39.6. The van der Waals surface area contributed by atoms with Gasteiger partial charge in [0.05, 0.1) is 43.6 Å². The van der Waals surface area contributed by atoms with Gasteiger partial charge in [0.15, 0.2) is 0 Å². The predicted octanol–water partition coefficient (Wildman–Crippen LogP) is 6.72. The summed E-state index contributed by atoms with van der Waals surface area (Å²) in [6.45, 7) is 11.1. The molecule has 32 heteroatoms. The highest BCUT2D eigenvalue weighted by atomic mass is 19.4. The Kier molecular flexibility index (Phi) is 31.2. The van der Waals surface area contributed by atoms with Gasteiger partial charge in [0.1, 0.15) is 53.9 Å². The minimum absolute atomic E-state index is 0.0334. The molecule has 12 amide bonds. The van der Waals surface area contributed by atoms with Gasteiger partial charge in [-0.3, -0.25) is 57.5 Å². The molecule has 110 heavy (non-hydrogen) atoms. The lowest BCUT2D eigenvalue weighted by Gasteiger charge is -2.54. The molecule has 6 fully saturated rings. The molecule has 1 spiro atoms. The molecule has 26 nitrogen and oxygen atoms in total. The van der Waals surface area contributed by atoms with Gasteiger partial charge < -0.3 is 69.5 Å². The lowest BCUT2D eigenvalue weighted by Crippen LogP contribution is -2.71. The number of nitrogens with one attached hydrogen (secondary N) is 3. The van der Waals surface area contributed by atoms with Crippen LogP contribution in [0.5, 0.6) is 0 Å². The molecule has 622 valence electrons. The van der Waals surface area contributed by atoms with Crippen molar-refractivity contribution in [3.05, 3.63) is 12.2 Å². The van der Waals surface area contributed by atoms with E-state index in [-0.39, 0.29) is 128 Å². The third-order valence-electron chi connectivity index (χ3n) is 24.6. The van der Waals surface area contributed by atoms with Gasteiger partial charge in [0.25, 0.3) is 0 Å². The van der Waals surface area contributed by atoms with Crippen LogP contribution in [0.2, 0.25) is 0 Å². The van der Waals surface area contributed by atoms with Crippen LogP contribution in [0.1, 0.15) is 190 Å². The Morgan fingerprint density at radius 1 is 0.655 bits per heavy atom. The number of methoxy groups -OCH3 is 1. The van der Waals surface area contributed by atoms with Gasteiger partial charge in [-0.1, -0.05) is 73.0 Å². The van der Waals surface area contributed by atoms with Crippen molar-refractivity contribution >= 4 is 70.9 Å². The van der Waals surface area contributed by atoms with Crippen LogP contribution < -0.4 is 16.0 Å². The number of nitrogens with zero attached hydrogens (tertiary/aromatic N) is 9. The van der Waals surface area contributed by atoms with Crippen molar-refractivity contribution in [2.24, 2.45) is 46.8 Å². The molecule has 3 N–H and O–H groups in total. The van der Waals surface area contributed by atoms with Crippen LogP contribution in [0.3, 0.4) is 0 Å². The molecule has 13 atom stereocenters. The fraction of sp³-hybridized carbons (Fsp3) is 0.821. The van der Waals surface area contributed by atoms with E-state index in [0.717, 1.165) is 19.6 Å². The van der Waals surface area contributed by atoms with Gasteiger partial charge in [0.2, 0.25) is 70.9 Å². The Hall–Kier alpha value is -7.12. The van der Waals surface area contributed by atoms with Crippen molar-refractivity contribution in [3.63, 3.8) is 0 Å². The molecular formula is C78H124F6N12O14. The lowest BCUT2D eigenvalue weighted by molar-refractivity contribution is -0.215. The van der Waals surface area contributed by atoms with E-state index < -0.39 is 210 Å². The van der Waals surface area contributed by atoms with Gasteiger partial charge in [0, 0.05) is 89.6 Å². The molecule has 3 unspecified atom stereocenters. The standard InChI is InChI=1S/C78H124F6N12O14/c1-17-47(5)64-72(106)90(11)43-63(99)91(12)55-26-20-19-23-35-95(71(55)105)59(37-48-27-31-51(32-28-48)77(79,80)81)70(104)89(10)42-61(97)85-54(34-30-49-29-33-53(78(82,83)84)60(38-49)109-16)68(102)96-41-52(110-18-2)39-57(96)67(101)87-76(44-75(6,7)45-76)74(108)94(15)65(50-24-21-22-25-50)73(107)93(14)58(69(103)88(8)9)40-62(98)92(13)56(36-46(3)4)66(100)86-64/h19-20,46-60,64-65H,17-18,21-45H2,1-16H3,(H,85,97)(H,86,100)(H,87,101)/b20-19-/t47-,48?,49?,51?,52+,53?,54-,55-,56-,57-,58-,59-,60?,64-,65-/m0/s1. The molecule has 4 aliphatic carbocycles. The molecule has 4 saturated carbocycles. The van der Waals surface area contributed by atoms with Gasteiger partial charge >= 0.3 is 12.4 Å². The van der Waals surface area contributed by atoms with Crippen molar-refractivity contribution in [1.29, 1.82) is 0 Å². The van der Waals surface area contributed by atoms with Crippen LogP contribution in [-0.4, -0.2) is 290 Å². The van der Waals surface area contributed by atoms with Crippen LogP contribution in [0.25, 0.3) is 0 Å². The Morgan fingerprint density at radius 2 is 1.28 bits per heavy atom. The maximum atomic E-state index is 15.8. The maximum absolute atomic E-state index is 15.8. The molecule has 7 rings (SSSR count). The number of carbonyl (C=O) groups is 12. The largest absolute Gasteiger partial charge is 0.394 e. The molecule has 2 bridgehead atoms. The average Bonchev–Trinajstić information content (AvgIpc) is 0.893. The number of likely N-dealkylation sites (N-methyl/N-ethyl adjacent to an activating group) is 7. The summed E-state index contributed by atoms with van der Waals surface area (Å²) in [6.07, 6.45) is -6.24. The van der Waals surface area contributed by atoms with E-state index in [1.807, 2.05) is 27.7 Å². The van der Waals surface area contributed by atoms with Crippen LogP contribution in [0.4, 0.5) is 26.3 Å². The highest BCUT2D eigenvalue weighted by Gasteiger charge is 2.60. The molecule has 0 radical (unpaired) electrons. The summed E-state index contributed by atoms with van der Waals surface area (Å²) in [4.78, 5) is 193. The Labute approximate surface area is 645 Å². The number of carbonyl (C=O) groups excluding carboxylic acids is 12. The summed E-state index contributed by atoms with van der Waals surface area (Å²) >= 11 is 0. The van der Waals surface area contributed by atoms with Crippen molar-refractivity contribution in [1.82, 2.24) is 60.0 Å². The summed E-state index contributed by atoms with van der Waals surface area (Å²) in [5.74, 6) is -14.5. The molecule has 0 aromatic heterocycles. The highest BCUT2D eigenvalue weighted by Crippen LogP contribution is 2.50. The topological polar surface area (TPSA) is 289 Å². The molecule has 0 aromatic carbocycles. The zero-order valence-electron chi connectivity index (χ0n) is 67.6. The molecule has 0 aromatic rings.